The van der Waals surface area contributed by atoms with Gasteiger partial charge in [0.25, 0.3) is 0 Å². The maximum absolute atomic E-state index is 13.0. The molecule has 0 aliphatic heterocycles. The van der Waals surface area contributed by atoms with Crippen LogP contribution < -0.4 is 14.2 Å². The van der Waals surface area contributed by atoms with Crippen molar-refractivity contribution in [2.24, 2.45) is 0 Å². The van der Waals surface area contributed by atoms with Crippen LogP contribution >= 0.6 is 0 Å². The molecule has 0 saturated carbocycles. The summed E-state index contributed by atoms with van der Waals surface area (Å²) < 4.78 is 52.3. The van der Waals surface area contributed by atoms with Gasteiger partial charge in [0.05, 0.1) is 12.8 Å². The summed E-state index contributed by atoms with van der Waals surface area (Å²) in [7, 11) is 0. The number of alkyl halides is 3. The second-order valence-electron chi connectivity index (χ2n) is 6.94. The van der Waals surface area contributed by atoms with Crippen molar-refractivity contribution >= 4 is 5.97 Å². The highest BCUT2D eigenvalue weighted by Gasteiger charge is 2.31. The average molecular weight is 445 g/mol. The van der Waals surface area contributed by atoms with Crippen molar-refractivity contribution in [2.75, 3.05) is 6.61 Å². The van der Waals surface area contributed by atoms with Crippen LogP contribution in [0.1, 0.15) is 41.3 Å². The third kappa shape index (κ3) is 6.73. The number of rotatable bonds is 9. The monoisotopic (exact) mass is 445 g/mol. The number of carbonyl (C=O) groups excluding carboxylic acids is 1. The first kappa shape index (κ1) is 23.1. The zero-order valence-corrected chi connectivity index (χ0v) is 17.4. The van der Waals surface area contributed by atoms with E-state index in [1.165, 1.54) is 36.7 Å². The molecule has 0 amide bonds. The number of carbonyl (C=O) groups is 1. The topological polar surface area (TPSA) is 57.7 Å². The fourth-order valence-electron chi connectivity index (χ4n) is 2.96. The number of ether oxygens (including phenoxy) is 3. The zero-order chi connectivity index (χ0) is 23.0. The number of halogens is 3. The van der Waals surface area contributed by atoms with E-state index in [0.29, 0.717) is 29.2 Å². The number of nitrogens with zero attached hydrogens (tertiary/aromatic N) is 1. The first-order valence-corrected chi connectivity index (χ1v) is 10.1. The van der Waals surface area contributed by atoms with Crippen molar-refractivity contribution in [1.82, 2.24) is 4.98 Å². The molecule has 0 bridgehead atoms. The normalized spacial score (nSPS) is 11.1. The Morgan fingerprint density at radius 3 is 2.34 bits per heavy atom. The summed E-state index contributed by atoms with van der Waals surface area (Å²) in [5, 5.41) is 0. The van der Waals surface area contributed by atoms with Gasteiger partial charge in [0, 0.05) is 6.20 Å². The van der Waals surface area contributed by atoms with Gasteiger partial charge in [-0.15, -0.1) is 13.2 Å². The highest BCUT2D eigenvalue weighted by molar-refractivity contribution is 5.95. The molecule has 0 radical (unpaired) electrons. The molecular weight excluding hydrogens is 423 g/mol. The minimum absolute atomic E-state index is 0.232. The maximum atomic E-state index is 13.0. The summed E-state index contributed by atoms with van der Waals surface area (Å²) in [4.78, 5) is 17.2. The Labute approximate surface area is 183 Å². The van der Waals surface area contributed by atoms with Gasteiger partial charge in [-0.3, -0.25) is 4.98 Å². The smallest absolute Gasteiger partial charge is 0.491 e. The zero-order valence-electron chi connectivity index (χ0n) is 17.4. The number of unbranched alkanes of at least 4 members (excludes halogenated alkanes) is 1. The van der Waals surface area contributed by atoms with Gasteiger partial charge in [-0.25, -0.2) is 4.79 Å². The van der Waals surface area contributed by atoms with Crippen molar-refractivity contribution in [2.45, 2.75) is 32.5 Å². The van der Waals surface area contributed by atoms with Crippen LogP contribution in [0, 0.1) is 0 Å². The van der Waals surface area contributed by atoms with Gasteiger partial charge < -0.3 is 14.2 Å². The van der Waals surface area contributed by atoms with E-state index >= 15 is 0 Å². The van der Waals surface area contributed by atoms with E-state index in [4.69, 9.17) is 9.47 Å². The Morgan fingerprint density at radius 2 is 1.69 bits per heavy atom. The number of pyridine rings is 1. The highest BCUT2D eigenvalue weighted by Crippen LogP contribution is 2.27. The standard InChI is InChI=1S/C24H22F3NO4/c1-2-3-13-30-21-16-28-15-18(22(21)23(29)31-19-7-5-4-6-8-19)14-17-9-11-20(12-10-17)32-24(25,26)27/h4-12,15-16H,2-3,13-14H2,1H3. The second-order valence-corrected chi connectivity index (χ2v) is 6.94. The van der Waals surface area contributed by atoms with E-state index < -0.39 is 12.3 Å². The number of hydrogen-bond acceptors (Lipinski definition) is 5. The summed E-state index contributed by atoms with van der Waals surface area (Å²) in [6, 6.07) is 14.1. The molecule has 0 N–H and O–H groups in total. The Balaban J connectivity index is 1.87. The van der Waals surface area contributed by atoms with Gasteiger partial charge in [0.2, 0.25) is 0 Å². The molecule has 32 heavy (non-hydrogen) atoms. The maximum Gasteiger partial charge on any atom is 0.573 e. The highest BCUT2D eigenvalue weighted by atomic mass is 19.4. The van der Waals surface area contributed by atoms with Crippen molar-refractivity contribution in [3.05, 3.63) is 83.7 Å². The van der Waals surface area contributed by atoms with E-state index in [9.17, 15) is 18.0 Å². The van der Waals surface area contributed by atoms with Crippen LogP contribution in [0.3, 0.4) is 0 Å². The van der Waals surface area contributed by atoms with Crippen molar-refractivity contribution in [3.63, 3.8) is 0 Å². The van der Waals surface area contributed by atoms with Crippen LogP contribution in [0.25, 0.3) is 0 Å². The predicted molar refractivity (Wildman–Crippen MR) is 112 cm³/mol. The lowest BCUT2D eigenvalue weighted by Crippen LogP contribution is -2.17. The predicted octanol–water partition coefficient (Wildman–Crippen LogP) is 5.97. The molecule has 0 aliphatic rings. The quantitative estimate of drug-likeness (QED) is 0.231. The molecule has 0 fully saturated rings. The van der Waals surface area contributed by atoms with E-state index in [1.54, 1.807) is 30.3 Å². The largest absolute Gasteiger partial charge is 0.573 e. The molecule has 1 aromatic heterocycles. The molecule has 8 heteroatoms. The van der Waals surface area contributed by atoms with Crippen LogP contribution in [0.15, 0.2) is 67.0 Å². The van der Waals surface area contributed by atoms with E-state index in [0.717, 1.165) is 12.8 Å². The van der Waals surface area contributed by atoms with Gasteiger partial charge in [-0.05, 0) is 48.2 Å². The molecule has 3 rings (SSSR count). The molecule has 0 aliphatic carbocycles. The van der Waals surface area contributed by atoms with Crippen molar-refractivity contribution < 1.29 is 32.2 Å². The van der Waals surface area contributed by atoms with Gasteiger partial charge in [-0.1, -0.05) is 43.7 Å². The molecule has 0 saturated heterocycles. The third-order valence-corrected chi connectivity index (χ3v) is 4.45. The van der Waals surface area contributed by atoms with Crippen LogP contribution in [-0.4, -0.2) is 23.9 Å². The fraction of sp³-hybridized carbons (Fsp3) is 0.250. The molecule has 0 atom stereocenters. The number of hydrogen-bond donors (Lipinski definition) is 0. The van der Waals surface area contributed by atoms with Crippen LogP contribution in [0.2, 0.25) is 0 Å². The van der Waals surface area contributed by atoms with Gasteiger partial charge >= 0.3 is 12.3 Å². The van der Waals surface area contributed by atoms with Gasteiger partial charge in [0.15, 0.2) is 5.75 Å². The molecule has 2 aromatic carbocycles. The molecule has 168 valence electrons. The Morgan fingerprint density at radius 1 is 0.969 bits per heavy atom. The Hall–Kier alpha value is -3.55. The van der Waals surface area contributed by atoms with Crippen molar-refractivity contribution in [3.8, 4) is 17.2 Å². The fourth-order valence-corrected chi connectivity index (χ4v) is 2.96. The summed E-state index contributed by atoms with van der Waals surface area (Å²) in [6.45, 7) is 2.44. The first-order valence-electron chi connectivity index (χ1n) is 10.1. The molecule has 0 unspecified atom stereocenters. The number of para-hydroxylation sites is 1. The number of esters is 1. The Kier molecular flexibility index (Phi) is 7.70. The van der Waals surface area contributed by atoms with E-state index in [2.05, 4.69) is 9.72 Å². The average Bonchev–Trinajstić information content (AvgIpc) is 2.75. The Bertz CT molecular complexity index is 1020. The third-order valence-electron chi connectivity index (χ3n) is 4.45. The van der Waals surface area contributed by atoms with Gasteiger partial charge in [-0.2, -0.15) is 0 Å². The second kappa shape index (κ2) is 10.7. The SMILES string of the molecule is CCCCOc1cncc(Cc2ccc(OC(F)(F)F)cc2)c1C(=O)Oc1ccccc1. The summed E-state index contributed by atoms with van der Waals surface area (Å²) >= 11 is 0. The number of benzene rings is 2. The molecule has 0 spiro atoms. The summed E-state index contributed by atoms with van der Waals surface area (Å²) in [5.41, 5.74) is 1.43. The van der Waals surface area contributed by atoms with Crippen molar-refractivity contribution in [1.29, 1.82) is 0 Å². The lowest BCUT2D eigenvalue weighted by atomic mass is 10.0. The van der Waals surface area contributed by atoms with Crippen LogP contribution in [-0.2, 0) is 6.42 Å². The molecular formula is C24H22F3NO4. The lowest BCUT2D eigenvalue weighted by Gasteiger charge is -2.15. The lowest BCUT2D eigenvalue weighted by molar-refractivity contribution is -0.274. The van der Waals surface area contributed by atoms with Gasteiger partial charge in [0.1, 0.15) is 17.1 Å². The van der Waals surface area contributed by atoms with E-state index in [1.807, 2.05) is 6.92 Å². The summed E-state index contributed by atoms with van der Waals surface area (Å²) in [6.07, 6.45) is 0.185. The van der Waals surface area contributed by atoms with E-state index in [-0.39, 0.29) is 17.7 Å². The first-order chi connectivity index (χ1) is 15.4. The summed E-state index contributed by atoms with van der Waals surface area (Å²) in [5.74, 6) is -0.237. The molecule has 1 heterocycles. The molecule has 3 aromatic rings. The minimum Gasteiger partial charge on any atom is -0.491 e. The van der Waals surface area contributed by atoms with Crippen LogP contribution in [0.4, 0.5) is 13.2 Å². The molecule has 5 nitrogen and oxygen atoms in total. The van der Waals surface area contributed by atoms with Crippen LogP contribution in [0.5, 0.6) is 17.2 Å². The minimum atomic E-state index is -4.76. The number of aromatic nitrogens is 1.